The summed E-state index contributed by atoms with van der Waals surface area (Å²) in [4.78, 5) is 11.2. The van der Waals surface area contributed by atoms with Crippen molar-refractivity contribution in [2.75, 3.05) is 17.3 Å². The van der Waals surface area contributed by atoms with Gasteiger partial charge in [0.1, 0.15) is 23.7 Å². The first-order valence-corrected chi connectivity index (χ1v) is 8.76. The fourth-order valence-corrected chi connectivity index (χ4v) is 3.52. The number of anilines is 4. The van der Waals surface area contributed by atoms with E-state index in [-0.39, 0.29) is 0 Å². The number of benzene rings is 2. The first kappa shape index (κ1) is 16.4. The van der Waals surface area contributed by atoms with Gasteiger partial charge in [-0.2, -0.15) is 0 Å². The van der Waals surface area contributed by atoms with Crippen molar-refractivity contribution in [1.29, 1.82) is 0 Å². The number of aryl methyl sites for hydroxylation is 1. The van der Waals surface area contributed by atoms with Gasteiger partial charge in [-0.25, -0.2) is 9.97 Å². The second-order valence-electron chi connectivity index (χ2n) is 6.64. The zero-order valence-electron chi connectivity index (χ0n) is 15.2. The van der Waals surface area contributed by atoms with Crippen LogP contribution in [0.2, 0.25) is 0 Å². The van der Waals surface area contributed by atoms with Gasteiger partial charge in [0.2, 0.25) is 0 Å². The zero-order valence-corrected chi connectivity index (χ0v) is 15.2. The highest BCUT2D eigenvalue weighted by molar-refractivity contribution is 5.72. The molecular weight excluding hydrogens is 324 g/mol. The summed E-state index contributed by atoms with van der Waals surface area (Å²) in [6.07, 6.45) is 2.63. The largest absolute Gasteiger partial charge is 0.495 e. The lowest BCUT2D eigenvalue weighted by Gasteiger charge is -2.24. The Labute approximate surface area is 153 Å². The van der Waals surface area contributed by atoms with E-state index in [0.29, 0.717) is 6.04 Å². The normalized spacial score (nSPS) is 15.7. The maximum atomic E-state index is 5.45. The van der Waals surface area contributed by atoms with Crippen LogP contribution >= 0.6 is 0 Å². The molecule has 5 heteroatoms. The molecule has 0 aliphatic carbocycles. The molecule has 0 bridgehead atoms. The average molecular weight is 346 g/mol. The van der Waals surface area contributed by atoms with Crippen LogP contribution in [0.5, 0.6) is 5.75 Å². The van der Waals surface area contributed by atoms with E-state index in [2.05, 4.69) is 58.3 Å². The summed E-state index contributed by atoms with van der Waals surface area (Å²) in [7, 11) is 1.67. The maximum Gasteiger partial charge on any atom is 0.142 e. The zero-order chi connectivity index (χ0) is 18.1. The topological polar surface area (TPSA) is 50.3 Å². The lowest BCUT2D eigenvalue weighted by atomic mass is 10.1. The summed E-state index contributed by atoms with van der Waals surface area (Å²) in [6.45, 7) is 4.28. The van der Waals surface area contributed by atoms with Crippen LogP contribution in [0, 0.1) is 6.92 Å². The van der Waals surface area contributed by atoms with Gasteiger partial charge in [-0.3, -0.25) is 0 Å². The molecule has 3 aromatic rings. The molecule has 1 atom stereocenters. The second-order valence-corrected chi connectivity index (χ2v) is 6.64. The quantitative estimate of drug-likeness (QED) is 0.747. The minimum Gasteiger partial charge on any atom is -0.495 e. The summed E-state index contributed by atoms with van der Waals surface area (Å²) in [5.41, 5.74) is 4.63. The molecule has 0 fully saturated rings. The number of hydrogen-bond acceptors (Lipinski definition) is 5. The molecule has 1 aliphatic rings. The minimum absolute atomic E-state index is 0.364. The van der Waals surface area contributed by atoms with Crippen LogP contribution in [0.15, 0.2) is 54.9 Å². The predicted octanol–water partition coefficient (Wildman–Crippen LogP) is 4.62. The SMILES string of the molecule is COc1ccc(C)cc1Nc1cc(N2c3ccccc3CC2C)ncn1. The van der Waals surface area contributed by atoms with Gasteiger partial charge in [0.05, 0.1) is 12.8 Å². The number of nitrogens with zero attached hydrogens (tertiary/aromatic N) is 3. The third-order valence-electron chi connectivity index (χ3n) is 4.72. The van der Waals surface area contributed by atoms with Crippen LogP contribution in [0.1, 0.15) is 18.1 Å². The van der Waals surface area contributed by atoms with Gasteiger partial charge in [0.15, 0.2) is 0 Å². The van der Waals surface area contributed by atoms with Gasteiger partial charge in [-0.15, -0.1) is 0 Å². The highest BCUT2D eigenvalue weighted by Crippen LogP contribution is 2.38. The number of hydrogen-bond donors (Lipinski definition) is 1. The van der Waals surface area contributed by atoms with Crippen LogP contribution < -0.4 is 15.0 Å². The molecule has 1 N–H and O–H groups in total. The van der Waals surface area contributed by atoms with Gasteiger partial charge < -0.3 is 15.0 Å². The molecule has 4 rings (SSSR count). The monoisotopic (exact) mass is 346 g/mol. The Kier molecular flexibility index (Phi) is 4.21. The fraction of sp³-hybridized carbons (Fsp3) is 0.238. The Morgan fingerprint density at radius 2 is 1.96 bits per heavy atom. The van der Waals surface area contributed by atoms with Gasteiger partial charge in [0, 0.05) is 17.8 Å². The molecule has 2 heterocycles. The van der Waals surface area contributed by atoms with Crippen molar-refractivity contribution in [2.24, 2.45) is 0 Å². The van der Waals surface area contributed by atoms with E-state index in [9.17, 15) is 0 Å². The van der Waals surface area contributed by atoms with Crippen molar-refractivity contribution in [1.82, 2.24) is 9.97 Å². The Morgan fingerprint density at radius 3 is 2.81 bits per heavy atom. The highest BCUT2D eigenvalue weighted by Gasteiger charge is 2.27. The third-order valence-corrected chi connectivity index (χ3v) is 4.72. The molecule has 0 saturated heterocycles. The standard InChI is InChI=1S/C21H22N4O/c1-14-8-9-19(26-3)17(10-14)24-20-12-21(23-13-22-20)25-15(2)11-16-6-4-5-7-18(16)25/h4-10,12-13,15H,11H2,1-3H3,(H,22,23,24). The number of para-hydroxylation sites is 1. The van der Waals surface area contributed by atoms with Crippen LogP contribution in [-0.4, -0.2) is 23.1 Å². The van der Waals surface area contributed by atoms with Crippen LogP contribution in [0.25, 0.3) is 0 Å². The number of rotatable bonds is 4. The van der Waals surface area contributed by atoms with Gasteiger partial charge >= 0.3 is 0 Å². The summed E-state index contributed by atoms with van der Waals surface area (Å²) >= 11 is 0. The van der Waals surface area contributed by atoms with Crippen molar-refractivity contribution >= 4 is 23.0 Å². The lowest BCUT2D eigenvalue weighted by Crippen LogP contribution is -2.24. The Balaban J connectivity index is 1.67. The van der Waals surface area contributed by atoms with Crippen molar-refractivity contribution in [3.63, 3.8) is 0 Å². The Hall–Kier alpha value is -3.08. The van der Waals surface area contributed by atoms with E-state index in [1.165, 1.54) is 11.3 Å². The fourth-order valence-electron chi connectivity index (χ4n) is 3.52. The molecule has 0 spiro atoms. The average Bonchev–Trinajstić information content (AvgIpc) is 2.98. The molecule has 1 aromatic heterocycles. The van der Waals surface area contributed by atoms with E-state index in [0.717, 1.165) is 35.1 Å². The molecule has 2 aromatic carbocycles. The molecule has 26 heavy (non-hydrogen) atoms. The van der Waals surface area contributed by atoms with E-state index in [1.54, 1.807) is 13.4 Å². The molecule has 5 nitrogen and oxygen atoms in total. The minimum atomic E-state index is 0.364. The van der Waals surface area contributed by atoms with Crippen LogP contribution in [-0.2, 0) is 6.42 Å². The summed E-state index contributed by atoms with van der Waals surface area (Å²) in [5.74, 6) is 2.43. The van der Waals surface area contributed by atoms with Crippen molar-refractivity contribution in [2.45, 2.75) is 26.3 Å². The molecule has 1 unspecified atom stereocenters. The van der Waals surface area contributed by atoms with Gasteiger partial charge in [0.25, 0.3) is 0 Å². The highest BCUT2D eigenvalue weighted by atomic mass is 16.5. The van der Waals surface area contributed by atoms with E-state index >= 15 is 0 Å². The first-order valence-electron chi connectivity index (χ1n) is 8.76. The molecule has 0 amide bonds. The molecule has 1 aliphatic heterocycles. The second kappa shape index (κ2) is 6.67. The number of ether oxygens (including phenoxy) is 1. The van der Waals surface area contributed by atoms with E-state index in [4.69, 9.17) is 4.74 Å². The molecule has 0 saturated carbocycles. The number of aromatic nitrogens is 2. The summed E-state index contributed by atoms with van der Waals surface area (Å²) < 4.78 is 5.45. The smallest absolute Gasteiger partial charge is 0.142 e. The summed E-state index contributed by atoms with van der Waals surface area (Å²) in [5, 5.41) is 3.36. The Bertz CT molecular complexity index is 941. The van der Waals surface area contributed by atoms with Gasteiger partial charge in [-0.05, 0) is 49.6 Å². The number of fused-ring (bicyclic) bond motifs is 1. The Morgan fingerprint density at radius 1 is 1.12 bits per heavy atom. The molecule has 0 radical (unpaired) electrons. The van der Waals surface area contributed by atoms with Gasteiger partial charge in [-0.1, -0.05) is 24.3 Å². The molecule has 132 valence electrons. The first-order chi connectivity index (χ1) is 12.7. The lowest BCUT2D eigenvalue weighted by molar-refractivity contribution is 0.416. The van der Waals surface area contributed by atoms with Crippen molar-refractivity contribution in [3.05, 3.63) is 66.0 Å². The van der Waals surface area contributed by atoms with E-state index in [1.807, 2.05) is 24.3 Å². The number of methoxy groups -OCH3 is 1. The summed E-state index contributed by atoms with van der Waals surface area (Å²) in [6, 6.07) is 16.9. The third kappa shape index (κ3) is 2.96. The maximum absolute atomic E-state index is 5.45. The van der Waals surface area contributed by atoms with Crippen LogP contribution in [0.3, 0.4) is 0 Å². The molecular formula is C21H22N4O. The van der Waals surface area contributed by atoms with Crippen LogP contribution in [0.4, 0.5) is 23.0 Å². The van der Waals surface area contributed by atoms with Crippen molar-refractivity contribution < 1.29 is 4.74 Å². The van der Waals surface area contributed by atoms with Crippen molar-refractivity contribution in [3.8, 4) is 5.75 Å². The number of nitrogens with one attached hydrogen (secondary N) is 1. The van der Waals surface area contributed by atoms with E-state index < -0.39 is 0 Å². The predicted molar refractivity (Wildman–Crippen MR) is 105 cm³/mol.